The average molecular weight is 290 g/mol. The molecule has 0 bridgehead atoms. The molecule has 0 unspecified atom stereocenters. The summed E-state index contributed by atoms with van der Waals surface area (Å²) < 4.78 is 26.7. The van der Waals surface area contributed by atoms with E-state index in [0.717, 1.165) is 11.1 Å². The summed E-state index contributed by atoms with van der Waals surface area (Å²) in [4.78, 5) is 0. The van der Waals surface area contributed by atoms with E-state index in [0.29, 0.717) is 17.8 Å². The number of sulfonamides is 1. The molecule has 106 valence electrons. The lowest BCUT2D eigenvalue weighted by Gasteiger charge is -2.10. The first-order chi connectivity index (χ1) is 9.48. The van der Waals surface area contributed by atoms with Gasteiger partial charge in [-0.25, -0.2) is 8.42 Å². The average Bonchev–Trinajstić information content (AvgIpc) is 2.40. The molecule has 0 atom stereocenters. The summed E-state index contributed by atoms with van der Waals surface area (Å²) in [6, 6.07) is 14.6. The second-order valence-corrected chi connectivity index (χ2v) is 6.53. The standard InChI is InChI=1S/C15H18N2O2S/c1-12-6-2-3-7-13(12)10-11-20(18,19)17-15-9-5-4-8-14(15)16/h2-9,17H,10-11,16H2,1H3. The summed E-state index contributed by atoms with van der Waals surface area (Å²) in [6.45, 7) is 1.98. The predicted octanol–water partition coefficient (Wildman–Crippen LogP) is 2.56. The van der Waals surface area contributed by atoms with Crippen LogP contribution >= 0.6 is 0 Å². The number of nitrogen functional groups attached to an aromatic ring is 1. The Bertz CT molecular complexity index is 697. The quantitative estimate of drug-likeness (QED) is 0.831. The van der Waals surface area contributed by atoms with Gasteiger partial charge in [-0.2, -0.15) is 0 Å². The van der Waals surface area contributed by atoms with Crippen LogP contribution in [0.2, 0.25) is 0 Å². The second-order valence-electron chi connectivity index (χ2n) is 4.68. The van der Waals surface area contributed by atoms with Gasteiger partial charge in [0.25, 0.3) is 0 Å². The van der Waals surface area contributed by atoms with E-state index in [1.54, 1.807) is 24.3 Å². The fourth-order valence-electron chi connectivity index (χ4n) is 1.94. The van der Waals surface area contributed by atoms with Crippen molar-refractivity contribution < 1.29 is 8.42 Å². The Kier molecular flexibility index (Phi) is 4.29. The zero-order valence-corrected chi connectivity index (χ0v) is 12.2. The normalized spacial score (nSPS) is 11.2. The molecule has 20 heavy (non-hydrogen) atoms. The first kappa shape index (κ1) is 14.4. The zero-order valence-electron chi connectivity index (χ0n) is 11.3. The van der Waals surface area contributed by atoms with E-state index in [1.807, 2.05) is 31.2 Å². The van der Waals surface area contributed by atoms with E-state index < -0.39 is 10.0 Å². The SMILES string of the molecule is Cc1ccccc1CCS(=O)(=O)Nc1ccccc1N. The first-order valence-electron chi connectivity index (χ1n) is 6.37. The highest BCUT2D eigenvalue weighted by Crippen LogP contribution is 2.19. The molecule has 5 heteroatoms. The molecule has 0 aliphatic carbocycles. The van der Waals surface area contributed by atoms with Gasteiger partial charge in [-0.05, 0) is 36.6 Å². The molecule has 3 N–H and O–H groups in total. The van der Waals surface area contributed by atoms with Crippen LogP contribution in [0.5, 0.6) is 0 Å². The number of hydrogen-bond acceptors (Lipinski definition) is 3. The number of para-hydroxylation sites is 2. The highest BCUT2D eigenvalue weighted by molar-refractivity contribution is 7.92. The monoisotopic (exact) mass is 290 g/mol. The minimum Gasteiger partial charge on any atom is -0.397 e. The molecule has 0 radical (unpaired) electrons. The van der Waals surface area contributed by atoms with Crippen LogP contribution in [-0.2, 0) is 16.4 Å². The fourth-order valence-corrected chi connectivity index (χ4v) is 3.06. The van der Waals surface area contributed by atoms with Crippen molar-refractivity contribution in [3.8, 4) is 0 Å². The molecule has 4 nitrogen and oxygen atoms in total. The maximum Gasteiger partial charge on any atom is 0.233 e. The highest BCUT2D eigenvalue weighted by Gasteiger charge is 2.12. The minimum absolute atomic E-state index is 0.0339. The van der Waals surface area contributed by atoms with E-state index >= 15 is 0 Å². The topological polar surface area (TPSA) is 72.2 Å². The first-order valence-corrected chi connectivity index (χ1v) is 8.03. The molecule has 0 saturated carbocycles. The van der Waals surface area contributed by atoms with Gasteiger partial charge in [0.2, 0.25) is 10.0 Å². The van der Waals surface area contributed by atoms with Crippen LogP contribution in [0.3, 0.4) is 0 Å². The van der Waals surface area contributed by atoms with Gasteiger partial charge in [-0.1, -0.05) is 36.4 Å². The van der Waals surface area contributed by atoms with E-state index in [-0.39, 0.29) is 5.75 Å². The third-order valence-corrected chi connectivity index (χ3v) is 4.40. The molecule has 2 aromatic carbocycles. The minimum atomic E-state index is -3.40. The molecule has 0 spiro atoms. The van der Waals surface area contributed by atoms with Crippen LogP contribution in [0, 0.1) is 6.92 Å². The number of aryl methyl sites for hydroxylation is 2. The number of hydrogen-bond donors (Lipinski definition) is 2. The van der Waals surface area contributed by atoms with E-state index in [1.165, 1.54) is 0 Å². The lowest BCUT2D eigenvalue weighted by molar-refractivity contribution is 0.600. The molecule has 2 aromatic rings. The van der Waals surface area contributed by atoms with Crippen molar-refractivity contribution in [1.82, 2.24) is 0 Å². The van der Waals surface area contributed by atoms with Gasteiger partial charge >= 0.3 is 0 Å². The summed E-state index contributed by atoms with van der Waals surface area (Å²) in [7, 11) is -3.40. The van der Waals surface area contributed by atoms with Crippen LogP contribution in [-0.4, -0.2) is 14.2 Å². The van der Waals surface area contributed by atoms with Crippen LogP contribution < -0.4 is 10.5 Å². The van der Waals surface area contributed by atoms with Crippen molar-refractivity contribution in [2.75, 3.05) is 16.2 Å². The molecular weight excluding hydrogens is 272 g/mol. The van der Waals surface area contributed by atoms with Crippen molar-refractivity contribution in [2.24, 2.45) is 0 Å². The molecule has 0 heterocycles. The van der Waals surface area contributed by atoms with Gasteiger partial charge in [-0.3, -0.25) is 4.72 Å². The Morgan fingerprint density at radius 1 is 1.05 bits per heavy atom. The molecule has 0 aliphatic heterocycles. The number of rotatable bonds is 5. The lowest BCUT2D eigenvalue weighted by Crippen LogP contribution is -2.19. The van der Waals surface area contributed by atoms with Crippen molar-refractivity contribution in [3.63, 3.8) is 0 Å². The van der Waals surface area contributed by atoms with Crippen molar-refractivity contribution in [2.45, 2.75) is 13.3 Å². The fraction of sp³-hybridized carbons (Fsp3) is 0.200. The Labute approximate surface area is 119 Å². The Hall–Kier alpha value is -2.01. The van der Waals surface area contributed by atoms with Gasteiger partial charge in [0.05, 0.1) is 17.1 Å². The van der Waals surface area contributed by atoms with Crippen LogP contribution in [0.4, 0.5) is 11.4 Å². The van der Waals surface area contributed by atoms with Crippen molar-refractivity contribution >= 4 is 21.4 Å². The zero-order chi connectivity index (χ0) is 14.6. The number of anilines is 2. The van der Waals surface area contributed by atoms with Crippen LogP contribution in [0.15, 0.2) is 48.5 Å². The van der Waals surface area contributed by atoms with Crippen molar-refractivity contribution in [1.29, 1.82) is 0 Å². The van der Waals surface area contributed by atoms with E-state index in [2.05, 4.69) is 4.72 Å². The van der Waals surface area contributed by atoms with Gasteiger partial charge < -0.3 is 5.73 Å². The van der Waals surface area contributed by atoms with E-state index in [9.17, 15) is 8.42 Å². The van der Waals surface area contributed by atoms with Crippen molar-refractivity contribution in [3.05, 3.63) is 59.7 Å². The second kappa shape index (κ2) is 5.96. The van der Waals surface area contributed by atoms with Crippen LogP contribution in [0.1, 0.15) is 11.1 Å². The smallest absolute Gasteiger partial charge is 0.233 e. The highest BCUT2D eigenvalue weighted by atomic mass is 32.2. The Balaban J connectivity index is 2.05. The summed E-state index contributed by atoms with van der Waals surface area (Å²) in [6.07, 6.45) is 0.481. The number of benzene rings is 2. The number of nitrogens with one attached hydrogen (secondary N) is 1. The molecule has 0 aromatic heterocycles. The maximum absolute atomic E-state index is 12.1. The summed E-state index contributed by atoms with van der Waals surface area (Å²) in [5.74, 6) is 0.0339. The third-order valence-electron chi connectivity index (χ3n) is 3.13. The summed E-state index contributed by atoms with van der Waals surface area (Å²) >= 11 is 0. The lowest BCUT2D eigenvalue weighted by atomic mass is 10.1. The van der Waals surface area contributed by atoms with Gasteiger partial charge in [-0.15, -0.1) is 0 Å². The molecular formula is C15H18N2O2S. The van der Waals surface area contributed by atoms with Gasteiger partial charge in [0, 0.05) is 0 Å². The predicted molar refractivity (Wildman–Crippen MR) is 83.1 cm³/mol. The van der Waals surface area contributed by atoms with Crippen LogP contribution in [0.25, 0.3) is 0 Å². The molecule has 0 saturated heterocycles. The largest absolute Gasteiger partial charge is 0.397 e. The van der Waals surface area contributed by atoms with Gasteiger partial charge in [0.15, 0.2) is 0 Å². The summed E-state index contributed by atoms with van der Waals surface area (Å²) in [5.41, 5.74) is 8.72. The summed E-state index contributed by atoms with van der Waals surface area (Å²) in [5, 5.41) is 0. The molecule has 0 fully saturated rings. The Morgan fingerprint density at radius 3 is 2.40 bits per heavy atom. The number of nitrogens with two attached hydrogens (primary N) is 1. The Morgan fingerprint density at radius 2 is 1.70 bits per heavy atom. The maximum atomic E-state index is 12.1. The van der Waals surface area contributed by atoms with E-state index in [4.69, 9.17) is 5.73 Å². The molecule has 0 aliphatic rings. The third kappa shape index (κ3) is 3.74. The molecule has 0 amide bonds. The van der Waals surface area contributed by atoms with Gasteiger partial charge in [0.1, 0.15) is 0 Å². The molecule has 2 rings (SSSR count).